The van der Waals surface area contributed by atoms with Crippen LogP contribution in [-0.4, -0.2) is 49.6 Å². The van der Waals surface area contributed by atoms with Crippen molar-refractivity contribution in [3.05, 3.63) is 23.8 Å². The van der Waals surface area contributed by atoms with Gasteiger partial charge in [-0.2, -0.15) is 0 Å². The van der Waals surface area contributed by atoms with Gasteiger partial charge in [0.2, 0.25) is 0 Å². The molecule has 1 amide bonds. The molecule has 2 heterocycles. The summed E-state index contributed by atoms with van der Waals surface area (Å²) >= 11 is 0. The first-order valence-corrected chi connectivity index (χ1v) is 7.50. The van der Waals surface area contributed by atoms with Gasteiger partial charge >= 0.3 is 0 Å². The normalized spacial score (nSPS) is 21.9. The Morgan fingerprint density at radius 2 is 2.00 bits per heavy atom. The van der Waals surface area contributed by atoms with Gasteiger partial charge in [-0.25, -0.2) is 0 Å². The predicted molar refractivity (Wildman–Crippen MR) is 82.7 cm³/mol. The average molecular weight is 289 g/mol. The Hall–Kier alpha value is -1.59. The number of anilines is 1. The van der Waals surface area contributed by atoms with Gasteiger partial charge in [0.05, 0.1) is 5.69 Å². The Bertz CT molecular complexity index is 550. The van der Waals surface area contributed by atoms with Crippen LogP contribution in [0.2, 0.25) is 0 Å². The maximum absolute atomic E-state index is 12.3. The van der Waals surface area contributed by atoms with E-state index in [1.165, 1.54) is 5.56 Å². The summed E-state index contributed by atoms with van der Waals surface area (Å²) < 4.78 is 5.83. The van der Waals surface area contributed by atoms with Crippen molar-refractivity contribution < 1.29 is 9.53 Å². The number of rotatable bonds is 2. The van der Waals surface area contributed by atoms with Crippen LogP contribution in [0.3, 0.4) is 0 Å². The molecular weight excluding hydrogens is 266 g/mol. The second-order valence-corrected chi connectivity index (χ2v) is 6.30. The average Bonchev–Trinajstić information content (AvgIpc) is 2.47. The lowest BCUT2D eigenvalue weighted by atomic mass is 10.0. The molecule has 1 aromatic carbocycles. The monoisotopic (exact) mass is 289 g/mol. The third-order valence-electron chi connectivity index (χ3n) is 4.19. The number of likely N-dealkylation sites (N-methyl/N-ethyl adjacent to an activating group) is 1. The van der Waals surface area contributed by atoms with Gasteiger partial charge in [-0.1, -0.05) is 6.07 Å². The lowest BCUT2D eigenvalue weighted by Crippen LogP contribution is -2.51. The number of carbonyl (C=O) groups excluding carboxylic acids is 1. The number of piperazine rings is 1. The van der Waals surface area contributed by atoms with Crippen LogP contribution in [0, 0.1) is 0 Å². The number of amides is 1. The molecule has 5 heteroatoms. The number of carbonyl (C=O) groups is 1. The molecule has 2 aliphatic rings. The standard InChI is InChI=1S/C16H23N3O2/c1-16(2)15(20)18(3)13-10-12(4-5-14(13)21-16)11-19-8-6-17-7-9-19/h4-5,10,17H,6-9,11H2,1-3H3. The predicted octanol–water partition coefficient (Wildman–Crippen LogP) is 1.23. The van der Waals surface area contributed by atoms with Gasteiger partial charge in [0.15, 0.2) is 5.60 Å². The molecule has 21 heavy (non-hydrogen) atoms. The number of nitrogens with one attached hydrogen (secondary N) is 1. The molecule has 114 valence electrons. The summed E-state index contributed by atoms with van der Waals surface area (Å²) in [5, 5.41) is 3.36. The summed E-state index contributed by atoms with van der Waals surface area (Å²) in [7, 11) is 1.82. The van der Waals surface area contributed by atoms with Crippen molar-refractivity contribution >= 4 is 11.6 Å². The van der Waals surface area contributed by atoms with E-state index in [9.17, 15) is 4.79 Å². The van der Waals surface area contributed by atoms with Crippen LogP contribution >= 0.6 is 0 Å². The Morgan fingerprint density at radius 1 is 1.29 bits per heavy atom. The maximum atomic E-state index is 12.3. The van der Waals surface area contributed by atoms with Gasteiger partial charge < -0.3 is 15.0 Å². The molecule has 1 saturated heterocycles. The number of hydrogen-bond donors (Lipinski definition) is 1. The number of nitrogens with zero attached hydrogens (tertiary/aromatic N) is 2. The fraction of sp³-hybridized carbons (Fsp3) is 0.562. The van der Waals surface area contributed by atoms with Crippen LogP contribution in [-0.2, 0) is 11.3 Å². The van der Waals surface area contributed by atoms with Crippen molar-refractivity contribution in [3.63, 3.8) is 0 Å². The van der Waals surface area contributed by atoms with Gasteiger partial charge in [0.25, 0.3) is 5.91 Å². The molecule has 0 aromatic heterocycles. The van der Waals surface area contributed by atoms with Crippen molar-refractivity contribution in [3.8, 4) is 5.75 Å². The van der Waals surface area contributed by atoms with Crippen molar-refractivity contribution in [1.82, 2.24) is 10.2 Å². The van der Waals surface area contributed by atoms with E-state index in [0.717, 1.165) is 44.2 Å². The zero-order valence-corrected chi connectivity index (χ0v) is 13.0. The van der Waals surface area contributed by atoms with E-state index in [1.807, 2.05) is 27.0 Å². The minimum absolute atomic E-state index is 0.00526. The highest BCUT2D eigenvalue weighted by Gasteiger charge is 2.39. The van der Waals surface area contributed by atoms with Crippen molar-refractivity contribution in [2.24, 2.45) is 0 Å². The molecule has 1 fully saturated rings. The summed E-state index contributed by atoms with van der Waals surface area (Å²) in [4.78, 5) is 16.4. The van der Waals surface area contributed by atoms with Gasteiger partial charge in [0, 0.05) is 39.8 Å². The molecule has 0 saturated carbocycles. The quantitative estimate of drug-likeness (QED) is 0.889. The molecule has 0 spiro atoms. The first-order chi connectivity index (χ1) is 9.97. The van der Waals surface area contributed by atoms with Crippen molar-refractivity contribution in [2.45, 2.75) is 26.0 Å². The second-order valence-electron chi connectivity index (χ2n) is 6.30. The first-order valence-electron chi connectivity index (χ1n) is 7.50. The van der Waals surface area contributed by atoms with Crippen LogP contribution in [0.1, 0.15) is 19.4 Å². The minimum atomic E-state index is -0.790. The molecular formula is C16H23N3O2. The summed E-state index contributed by atoms with van der Waals surface area (Å²) in [6.45, 7) is 8.75. The van der Waals surface area contributed by atoms with E-state index >= 15 is 0 Å². The van der Waals surface area contributed by atoms with E-state index < -0.39 is 5.60 Å². The highest BCUT2D eigenvalue weighted by Crippen LogP contribution is 2.37. The van der Waals surface area contributed by atoms with E-state index in [4.69, 9.17) is 4.74 Å². The second kappa shape index (κ2) is 5.31. The molecule has 2 aliphatic heterocycles. The topological polar surface area (TPSA) is 44.8 Å². The number of fused-ring (bicyclic) bond motifs is 1. The molecule has 0 radical (unpaired) electrons. The summed E-state index contributed by atoms with van der Waals surface area (Å²) in [6, 6.07) is 6.16. The molecule has 0 bridgehead atoms. The Morgan fingerprint density at radius 3 is 2.71 bits per heavy atom. The van der Waals surface area contributed by atoms with Crippen molar-refractivity contribution in [2.75, 3.05) is 38.1 Å². The fourth-order valence-corrected chi connectivity index (χ4v) is 2.97. The first kappa shape index (κ1) is 14.4. The molecule has 5 nitrogen and oxygen atoms in total. The largest absolute Gasteiger partial charge is 0.476 e. The van der Waals surface area contributed by atoms with Crippen LogP contribution in [0.5, 0.6) is 5.75 Å². The van der Waals surface area contributed by atoms with E-state index in [-0.39, 0.29) is 5.91 Å². The van der Waals surface area contributed by atoms with E-state index in [0.29, 0.717) is 0 Å². The Balaban J connectivity index is 1.82. The third-order valence-corrected chi connectivity index (χ3v) is 4.19. The smallest absolute Gasteiger partial charge is 0.270 e. The Labute approximate surface area is 125 Å². The van der Waals surface area contributed by atoms with Gasteiger partial charge in [-0.3, -0.25) is 9.69 Å². The van der Waals surface area contributed by atoms with Crippen LogP contribution in [0.15, 0.2) is 18.2 Å². The zero-order valence-electron chi connectivity index (χ0n) is 13.0. The minimum Gasteiger partial charge on any atom is -0.476 e. The van der Waals surface area contributed by atoms with Crippen molar-refractivity contribution in [1.29, 1.82) is 0 Å². The maximum Gasteiger partial charge on any atom is 0.270 e. The highest BCUT2D eigenvalue weighted by atomic mass is 16.5. The molecule has 1 aromatic rings. The molecule has 0 aliphatic carbocycles. The summed E-state index contributed by atoms with van der Waals surface area (Å²) in [5.41, 5.74) is 1.30. The fourth-order valence-electron chi connectivity index (χ4n) is 2.97. The lowest BCUT2D eigenvalue weighted by molar-refractivity contribution is -0.132. The number of ether oxygens (including phenoxy) is 1. The molecule has 3 rings (SSSR count). The Kier molecular flexibility index (Phi) is 3.63. The lowest BCUT2D eigenvalue weighted by Gasteiger charge is -2.37. The van der Waals surface area contributed by atoms with E-state index in [1.54, 1.807) is 4.90 Å². The van der Waals surface area contributed by atoms with Gasteiger partial charge in [-0.05, 0) is 31.5 Å². The molecule has 0 atom stereocenters. The third kappa shape index (κ3) is 2.76. The zero-order chi connectivity index (χ0) is 15.0. The molecule has 0 unspecified atom stereocenters. The van der Waals surface area contributed by atoms with Crippen LogP contribution < -0.4 is 15.0 Å². The number of benzene rings is 1. The summed E-state index contributed by atoms with van der Waals surface area (Å²) in [6.07, 6.45) is 0. The van der Waals surface area contributed by atoms with Crippen LogP contribution in [0.4, 0.5) is 5.69 Å². The van der Waals surface area contributed by atoms with Gasteiger partial charge in [0.1, 0.15) is 5.75 Å². The highest BCUT2D eigenvalue weighted by molar-refractivity contribution is 6.01. The van der Waals surface area contributed by atoms with Crippen LogP contribution in [0.25, 0.3) is 0 Å². The van der Waals surface area contributed by atoms with E-state index in [2.05, 4.69) is 22.3 Å². The molecule has 1 N–H and O–H groups in total. The SMILES string of the molecule is CN1C(=O)C(C)(C)Oc2ccc(CN3CCNCC3)cc21. The number of hydrogen-bond acceptors (Lipinski definition) is 4. The van der Waals surface area contributed by atoms with Gasteiger partial charge in [-0.15, -0.1) is 0 Å². The summed E-state index contributed by atoms with van der Waals surface area (Å²) in [5.74, 6) is 0.778.